The fourth-order valence-electron chi connectivity index (χ4n) is 4.08. The summed E-state index contributed by atoms with van der Waals surface area (Å²) in [6, 6.07) is 5.96. The molecule has 1 aromatic carbocycles. The number of fused-ring (bicyclic) bond motifs is 1. The minimum absolute atomic E-state index is 0.00304. The molecule has 0 aromatic heterocycles. The largest absolute Gasteiger partial charge is 0.490 e. The number of rotatable bonds is 7. The second-order valence-corrected chi connectivity index (χ2v) is 8.54. The summed E-state index contributed by atoms with van der Waals surface area (Å²) in [5.41, 5.74) is 1.02. The molecule has 2 amide bonds. The van der Waals surface area contributed by atoms with E-state index in [4.69, 9.17) is 9.47 Å². The zero-order valence-electron chi connectivity index (χ0n) is 18.4. The van der Waals surface area contributed by atoms with Gasteiger partial charge in [-0.1, -0.05) is 26.8 Å². The molecule has 0 saturated carbocycles. The number of nitrogens with one attached hydrogen (secondary N) is 2. The first kappa shape index (κ1) is 22.4. The Bertz CT molecular complexity index is 737. The third-order valence-electron chi connectivity index (χ3n) is 5.67. The van der Waals surface area contributed by atoms with E-state index in [0.717, 1.165) is 49.4 Å². The van der Waals surface area contributed by atoms with Crippen LogP contribution in [-0.4, -0.2) is 55.6 Å². The molecule has 2 aliphatic heterocycles. The lowest BCUT2D eigenvalue weighted by atomic mass is 9.95. The highest BCUT2D eigenvalue weighted by atomic mass is 16.5. The Labute approximate surface area is 179 Å². The molecule has 7 nitrogen and oxygen atoms in total. The van der Waals surface area contributed by atoms with Gasteiger partial charge in [0.05, 0.1) is 25.8 Å². The minimum Gasteiger partial charge on any atom is -0.490 e. The second-order valence-electron chi connectivity index (χ2n) is 8.54. The molecule has 7 heteroatoms. The zero-order valence-corrected chi connectivity index (χ0v) is 18.4. The Morgan fingerprint density at radius 1 is 1.13 bits per heavy atom. The number of likely N-dealkylation sites (tertiary alicyclic amines) is 1. The van der Waals surface area contributed by atoms with E-state index in [-0.39, 0.29) is 29.8 Å². The standard InChI is InChI=1S/C23H35N3O4/c1-4-21(27)24-18-7-5-10-26(14-18)15-22(28)25-23(16(2)3)17-8-9-19-20(13-17)30-12-6-11-29-19/h8-9,13,16,18,23H,4-7,10-12,14-15H2,1-3H3,(H,24,27)(H,25,28). The normalized spacial score (nSPS) is 20.3. The van der Waals surface area contributed by atoms with E-state index in [9.17, 15) is 9.59 Å². The second kappa shape index (κ2) is 10.7. The van der Waals surface area contributed by atoms with Gasteiger partial charge in [-0.25, -0.2) is 0 Å². The van der Waals surface area contributed by atoms with Crippen LogP contribution in [0.2, 0.25) is 0 Å². The summed E-state index contributed by atoms with van der Waals surface area (Å²) in [7, 11) is 0. The van der Waals surface area contributed by atoms with Crippen molar-refractivity contribution in [3.8, 4) is 11.5 Å². The van der Waals surface area contributed by atoms with Gasteiger partial charge >= 0.3 is 0 Å². The predicted molar refractivity (Wildman–Crippen MR) is 116 cm³/mol. The summed E-state index contributed by atoms with van der Waals surface area (Å²) < 4.78 is 11.5. The molecule has 30 heavy (non-hydrogen) atoms. The van der Waals surface area contributed by atoms with E-state index in [1.54, 1.807) is 0 Å². The van der Waals surface area contributed by atoms with Gasteiger partial charge in [0.1, 0.15) is 0 Å². The topological polar surface area (TPSA) is 79.9 Å². The van der Waals surface area contributed by atoms with Gasteiger partial charge in [-0.15, -0.1) is 0 Å². The van der Waals surface area contributed by atoms with Crippen LogP contribution in [0, 0.1) is 5.92 Å². The van der Waals surface area contributed by atoms with E-state index in [2.05, 4.69) is 29.4 Å². The van der Waals surface area contributed by atoms with Crippen molar-refractivity contribution < 1.29 is 19.1 Å². The first-order valence-corrected chi connectivity index (χ1v) is 11.2. The predicted octanol–water partition coefficient (Wildman–Crippen LogP) is 2.65. The number of hydrogen-bond acceptors (Lipinski definition) is 5. The lowest BCUT2D eigenvalue weighted by Gasteiger charge is -2.33. The van der Waals surface area contributed by atoms with Crippen molar-refractivity contribution in [1.82, 2.24) is 15.5 Å². The van der Waals surface area contributed by atoms with Crippen molar-refractivity contribution in [2.24, 2.45) is 5.92 Å². The van der Waals surface area contributed by atoms with E-state index < -0.39 is 0 Å². The van der Waals surface area contributed by atoms with Gasteiger partial charge in [0, 0.05) is 25.4 Å². The van der Waals surface area contributed by atoms with E-state index >= 15 is 0 Å². The summed E-state index contributed by atoms with van der Waals surface area (Å²) in [6.07, 6.45) is 3.31. The van der Waals surface area contributed by atoms with Crippen LogP contribution in [0.5, 0.6) is 11.5 Å². The molecule has 0 aliphatic carbocycles. The summed E-state index contributed by atoms with van der Waals surface area (Å²) in [5, 5.41) is 6.26. The Morgan fingerprint density at radius 2 is 1.90 bits per heavy atom. The maximum atomic E-state index is 12.8. The van der Waals surface area contributed by atoms with Gasteiger partial charge in [0.2, 0.25) is 11.8 Å². The molecule has 2 aliphatic rings. The number of carbonyl (C=O) groups is 2. The fraction of sp³-hybridized carbons (Fsp3) is 0.652. The Kier molecular flexibility index (Phi) is 7.96. The van der Waals surface area contributed by atoms with Crippen molar-refractivity contribution in [3.63, 3.8) is 0 Å². The molecule has 2 unspecified atom stereocenters. The molecule has 2 N–H and O–H groups in total. The van der Waals surface area contributed by atoms with E-state index in [1.807, 2.05) is 25.1 Å². The summed E-state index contributed by atoms with van der Waals surface area (Å²) >= 11 is 0. The highest BCUT2D eigenvalue weighted by Crippen LogP contribution is 2.34. The fourth-order valence-corrected chi connectivity index (χ4v) is 4.08. The molecule has 0 spiro atoms. The smallest absolute Gasteiger partial charge is 0.234 e. The highest BCUT2D eigenvalue weighted by Gasteiger charge is 2.25. The molecular formula is C23H35N3O4. The van der Waals surface area contributed by atoms with Gasteiger partial charge in [-0.2, -0.15) is 0 Å². The van der Waals surface area contributed by atoms with Gasteiger partial charge in [-0.3, -0.25) is 14.5 Å². The average Bonchev–Trinajstić information content (AvgIpc) is 2.96. The first-order valence-electron chi connectivity index (χ1n) is 11.2. The molecule has 0 bridgehead atoms. The molecule has 1 aromatic rings. The van der Waals surface area contributed by atoms with Crippen molar-refractivity contribution >= 4 is 11.8 Å². The van der Waals surface area contributed by atoms with E-state index in [0.29, 0.717) is 26.2 Å². The summed E-state index contributed by atoms with van der Waals surface area (Å²) in [4.78, 5) is 26.6. The number of hydrogen-bond donors (Lipinski definition) is 2. The van der Waals surface area contributed by atoms with Crippen molar-refractivity contribution in [1.29, 1.82) is 0 Å². The SMILES string of the molecule is CCC(=O)NC1CCCN(CC(=O)NC(c2ccc3c(c2)OCCCO3)C(C)C)C1. The quantitative estimate of drug-likeness (QED) is 0.713. The van der Waals surface area contributed by atoms with Crippen LogP contribution >= 0.6 is 0 Å². The molecular weight excluding hydrogens is 382 g/mol. The minimum atomic E-state index is -0.102. The van der Waals surface area contributed by atoms with Crippen LogP contribution in [-0.2, 0) is 9.59 Å². The molecule has 3 rings (SSSR count). The average molecular weight is 418 g/mol. The number of amides is 2. The number of benzene rings is 1. The third-order valence-corrected chi connectivity index (χ3v) is 5.67. The Balaban J connectivity index is 1.60. The van der Waals surface area contributed by atoms with Crippen LogP contribution in [0.4, 0.5) is 0 Å². The van der Waals surface area contributed by atoms with Gasteiger partial charge < -0.3 is 20.1 Å². The lowest BCUT2D eigenvalue weighted by Crippen LogP contribution is -2.50. The number of ether oxygens (including phenoxy) is 2. The number of piperidine rings is 1. The highest BCUT2D eigenvalue weighted by molar-refractivity contribution is 5.78. The maximum absolute atomic E-state index is 12.8. The molecule has 0 radical (unpaired) electrons. The molecule has 166 valence electrons. The zero-order chi connectivity index (χ0) is 21.5. The maximum Gasteiger partial charge on any atom is 0.234 e. The first-order chi connectivity index (χ1) is 14.5. The van der Waals surface area contributed by atoms with Crippen molar-refractivity contribution in [2.75, 3.05) is 32.8 Å². The van der Waals surface area contributed by atoms with Crippen LogP contribution < -0.4 is 20.1 Å². The van der Waals surface area contributed by atoms with Crippen LogP contribution in [0.25, 0.3) is 0 Å². The molecule has 2 heterocycles. The van der Waals surface area contributed by atoms with Crippen LogP contribution in [0.1, 0.15) is 58.1 Å². The Hall–Kier alpha value is -2.28. The Morgan fingerprint density at radius 3 is 2.63 bits per heavy atom. The summed E-state index contributed by atoms with van der Waals surface area (Å²) in [6.45, 7) is 9.29. The number of carbonyl (C=O) groups excluding carboxylic acids is 2. The van der Waals surface area contributed by atoms with Gasteiger partial charge in [0.25, 0.3) is 0 Å². The molecule has 1 saturated heterocycles. The third kappa shape index (κ3) is 6.11. The van der Waals surface area contributed by atoms with E-state index in [1.165, 1.54) is 0 Å². The molecule has 1 fully saturated rings. The monoisotopic (exact) mass is 417 g/mol. The lowest BCUT2D eigenvalue weighted by molar-refractivity contribution is -0.123. The van der Waals surface area contributed by atoms with Crippen LogP contribution in [0.15, 0.2) is 18.2 Å². The van der Waals surface area contributed by atoms with Crippen molar-refractivity contribution in [2.45, 2.75) is 58.5 Å². The van der Waals surface area contributed by atoms with Gasteiger partial charge in [0.15, 0.2) is 11.5 Å². The number of nitrogens with zero attached hydrogens (tertiary/aromatic N) is 1. The van der Waals surface area contributed by atoms with Gasteiger partial charge in [-0.05, 0) is 43.0 Å². The van der Waals surface area contributed by atoms with Crippen molar-refractivity contribution in [3.05, 3.63) is 23.8 Å². The summed E-state index contributed by atoms with van der Waals surface area (Å²) in [5.74, 6) is 1.81. The van der Waals surface area contributed by atoms with Crippen LogP contribution in [0.3, 0.4) is 0 Å². The molecule has 2 atom stereocenters.